The van der Waals surface area contributed by atoms with Gasteiger partial charge in [0, 0.05) is 10.8 Å². The fourth-order valence-corrected chi connectivity index (χ4v) is 10.8. The van der Waals surface area contributed by atoms with E-state index in [-0.39, 0.29) is 57.1 Å². The molecule has 4 N–H and O–H groups in total. The molecule has 0 aliphatic heterocycles. The fourth-order valence-electron chi connectivity index (χ4n) is 10.8. The van der Waals surface area contributed by atoms with Crippen molar-refractivity contribution in [1.29, 1.82) is 0 Å². The number of carbonyl (C=O) groups excluding carboxylic acids is 4. The smallest absolute Gasteiger partial charge is 0.341 e. The second-order valence-corrected chi connectivity index (χ2v) is 18.3. The molecule has 0 radical (unpaired) electrons. The maximum Gasteiger partial charge on any atom is 0.341 e. The number of hydrogen-bond donors (Lipinski definition) is 4. The Morgan fingerprint density at radius 3 is 0.841 bits per heavy atom. The Kier molecular flexibility index (Phi) is 16.1. The number of carbonyl (C=O) groups is 8. The topological polar surface area (TPSA) is 254 Å². The Labute approximate surface area is 398 Å². The summed E-state index contributed by atoms with van der Waals surface area (Å²) in [6.07, 6.45) is 8.92. The van der Waals surface area contributed by atoms with E-state index in [0.29, 0.717) is 73.1 Å². The number of aryl methyl sites for hydroxylation is 4. The van der Waals surface area contributed by atoms with Crippen LogP contribution >= 0.6 is 0 Å². The average molecular weight is 949 g/mol. The SMILES string of the molecule is Cc1cc(C2(c3cc(C)c(OCC(=O)O)c(C=O)c3)CCC(CC3CCC(c4cc(C)c(OCC(=O)O)c(C=O)c4)(c4cc(C)c(OCC(=O)O)c(C=O)c4)CC3)CC2)cc(C=O)c1OCC(=O)O. The molecule has 4 aromatic carbocycles. The molecular formula is C53H56O16. The molecule has 2 aliphatic carbocycles. The molecule has 16 nitrogen and oxygen atoms in total. The van der Waals surface area contributed by atoms with Crippen LogP contribution in [0.2, 0.25) is 0 Å². The van der Waals surface area contributed by atoms with Gasteiger partial charge in [0.1, 0.15) is 23.0 Å². The van der Waals surface area contributed by atoms with Gasteiger partial charge >= 0.3 is 23.9 Å². The third kappa shape index (κ3) is 11.2. The Balaban J connectivity index is 1.33. The summed E-state index contributed by atoms with van der Waals surface area (Å²) in [5, 5.41) is 37.2. The van der Waals surface area contributed by atoms with Crippen LogP contribution in [0.15, 0.2) is 48.5 Å². The molecule has 2 aliphatic rings. The maximum absolute atomic E-state index is 12.5. The summed E-state index contributed by atoms with van der Waals surface area (Å²) in [7, 11) is 0. The summed E-state index contributed by atoms with van der Waals surface area (Å²) in [5.41, 5.74) is 4.69. The first-order valence-corrected chi connectivity index (χ1v) is 22.7. The third-order valence-electron chi connectivity index (χ3n) is 13.9. The molecule has 0 unspecified atom stereocenters. The van der Waals surface area contributed by atoms with Crippen molar-refractivity contribution in [2.24, 2.45) is 11.8 Å². The van der Waals surface area contributed by atoms with Gasteiger partial charge in [-0.25, -0.2) is 19.2 Å². The number of carboxylic acids is 4. The zero-order valence-electron chi connectivity index (χ0n) is 39.0. The molecule has 0 heterocycles. The first-order valence-electron chi connectivity index (χ1n) is 22.7. The summed E-state index contributed by atoms with van der Waals surface area (Å²) >= 11 is 0. The van der Waals surface area contributed by atoms with Crippen molar-refractivity contribution in [3.05, 3.63) is 115 Å². The molecule has 16 heteroatoms. The van der Waals surface area contributed by atoms with Crippen LogP contribution in [0.3, 0.4) is 0 Å². The zero-order chi connectivity index (χ0) is 50.2. The Hall–Kier alpha value is -7.36. The summed E-state index contributed by atoms with van der Waals surface area (Å²) in [6.45, 7) is 4.42. The van der Waals surface area contributed by atoms with Gasteiger partial charge in [-0.1, -0.05) is 24.3 Å². The van der Waals surface area contributed by atoms with E-state index in [1.165, 1.54) is 0 Å². The van der Waals surface area contributed by atoms with Gasteiger partial charge < -0.3 is 39.4 Å². The van der Waals surface area contributed by atoms with E-state index < -0.39 is 61.1 Å². The van der Waals surface area contributed by atoms with Crippen LogP contribution in [0.1, 0.15) is 144 Å². The number of benzene rings is 4. The van der Waals surface area contributed by atoms with Gasteiger partial charge in [0.2, 0.25) is 0 Å². The average Bonchev–Trinajstić information content (AvgIpc) is 3.31. The van der Waals surface area contributed by atoms with Gasteiger partial charge in [-0.15, -0.1) is 0 Å². The molecule has 6 rings (SSSR count). The van der Waals surface area contributed by atoms with Gasteiger partial charge in [0.05, 0.1) is 22.3 Å². The van der Waals surface area contributed by atoms with Gasteiger partial charge in [-0.2, -0.15) is 0 Å². The Morgan fingerprint density at radius 2 is 0.652 bits per heavy atom. The molecule has 0 saturated heterocycles. The minimum absolute atomic E-state index is 0.163. The van der Waals surface area contributed by atoms with E-state index in [1.807, 2.05) is 24.3 Å². The number of rotatable bonds is 22. The number of hydrogen-bond acceptors (Lipinski definition) is 12. The van der Waals surface area contributed by atoms with Crippen molar-refractivity contribution in [2.75, 3.05) is 26.4 Å². The molecule has 0 bridgehead atoms. The fraction of sp³-hybridized carbons (Fsp3) is 0.396. The van der Waals surface area contributed by atoms with E-state index in [2.05, 4.69) is 0 Å². The summed E-state index contributed by atoms with van der Waals surface area (Å²) in [4.78, 5) is 95.7. The lowest BCUT2D eigenvalue weighted by Crippen LogP contribution is -2.36. The lowest BCUT2D eigenvalue weighted by Gasteiger charge is -2.45. The number of aliphatic carboxylic acids is 4. The largest absolute Gasteiger partial charge is 0.481 e. The van der Waals surface area contributed by atoms with Crippen LogP contribution in [0.25, 0.3) is 0 Å². The van der Waals surface area contributed by atoms with Gasteiger partial charge in [0.15, 0.2) is 51.6 Å². The predicted molar refractivity (Wildman–Crippen MR) is 249 cm³/mol. The molecule has 0 atom stereocenters. The van der Waals surface area contributed by atoms with Crippen molar-refractivity contribution in [2.45, 2.75) is 96.3 Å². The minimum atomic E-state index is -1.20. The van der Waals surface area contributed by atoms with Gasteiger partial charge in [-0.3, -0.25) is 19.2 Å². The molecule has 0 aromatic heterocycles. The van der Waals surface area contributed by atoms with Crippen LogP contribution in [-0.4, -0.2) is 95.9 Å². The molecule has 2 saturated carbocycles. The normalized spacial score (nSPS) is 15.6. The van der Waals surface area contributed by atoms with Crippen LogP contribution in [0.5, 0.6) is 23.0 Å². The second-order valence-electron chi connectivity index (χ2n) is 18.3. The zero-order valence-corrected chi connectivity index (χ0v) is 39.0. The van der Waals surface area contributed by atoms with Gasteiger partial charge in [-0.05, 0) is 166 Å². The summed E-state index contributed by atoms with van der Waals surface area (Å²) < 4.78 is 22.2. The van der Waals surface area contributed by atoms with Gasteiger partial charge in [0.25, 0.3) is 0 Å². The van der Waals surface area contributed by atoms with E-state index in [4.69, 9.17) is 18.9 Å². The van der Waals surface area contributed by atoms with Crippen LogP contribution in [0.4, 0.5) is 0 Å². The number of ether oxygens (including phenoxy) is 4. The summed E-state index contributed by atoms with van der Waals surface area (Å²) in [5.74, 6) is -3.59. The van der Waals surface area contributed by atoms with E-state index in [0.717, 1.165) is 54.4 Å². The first-order chi connectivity index (χ1) is 32.9. The van der Waals surface area contributed by atoms with Crippen molar-refractivity contribution < 1.29 is 77.7 Å². The molecule has 69 heavy (non-hydrogen) atoms. The molecular weight excluding hydrogens is 893 g/mol. The lowest BCUT2D eigenvalue weighted by molar-refractivity contribution is -0.140. The monoisotopic (exact) mass is 948 g/mol. The highest BCUT2D eigenvalue weighted by molar-refractivity contribution is 5.85. The highest BCUT2D eigenvalue weighted by Crippen LogP contribution is 2.53. The van der Waals surface area contributed by atoms with Crippen molar-refractivity contribution in [3.63, 3.8) is 0 Å². The molecule has 0 spiro atoms. The highest BCUT2D eigenvalue weighted by Gasteiger charge is 2.43. The third-order valence-corrected chi connectivity index (χ3v) is 13.9. The second kappa shape index (κ2) is 21.7. The quantitative estimate of drug-likeness (QED) is 0.0543. The predicted octanol–water partition coefficient (Wildman–Crippen LogP) is 8.07. The Bertz CT molecular complexity index is 2320. The van der Waals surface area contributed by atoms with Crippen LogP contribution in [0, 0.1) is 39.5 Å². The lowest BCUT2D eigenvalue weighted by atomic mass is 9.59. The minimum Gasteiger partial charge on any atom is -0.481 e. The number of carboxylic acid groups (broad SMARTS) is 4. The number of aldehydes is 4. The van der Waals surface area contributed by atoms with E-state index in [1.54, 1.807) is 52.0 Å². The van der Waals surface area contributed by atoms with Crippen molar-refractivity contribution in [3.8, 4) is 23.0 Å². The van der Waals surface area contributed by atoms with Crippen LogP contribution in [-0.2, 0) is 30.0 Å². The standard InChI is InChI=1S/C53H56O16/c1-30-13-40(18-36(22-54)48(30)66-26-44(58)59)52(41-14-31(2)49(37(19-41)23-55)67-27-45(60)61)9-5-34(6-10-52)17-35-7-11-53(12-8-35,42-15-32(3)50(38(20-42)24-56)68-28-46(62)63)43-16-33(4)51(39(21-43)25-57)69-29-47(64)65/h13-16,18-25,34-35H,5-12,17,26-29H2,1-4H3,(H,58,59)(H,60,61)(H,62,63)(H,64,65). The van der Waals surface area contributed by atoms with Crippen LogP contribution < -0.4 is 18.9 Å². The molecule has 364 valence electrons. The Morgan fingerprint density at radius 1 is 0.435 bits per heavy atom. The van der Waals surface area contributed by atoms with Crippen molar-refractivity contribution >= 4 is 49.0 Å². The van der Waals surface area contributed by atoms with E-state index in [9.17, 15) is 58.8 Å². The summed E-state index contributed by atoms with van der Waals surface area (Å²) in [6, 6.07) is 14.4. The highest BCUT2D eigenvalue weighted by atomic mass is 16.5. The van der Waals surface area contributed by atoms with Crippen molar-refractivity contribution in [1.82, 2.24) is 0 Å². The first kappa shape index (κ1) is 51.0. The molecule has 4 aromatic rings. The van der Waals surface area contributed by atoms with E-state index >= 15 is 0 Å². The molecule has 0 amide bonds. The molecule has 2 fully saturated rings. The maximum atomic E-state index is 12.5.